The Bertz CT molecular complexity index is 1310. The van der Waals surface area contributed by atoms with Crippen molar-refractivity contribution in [3.63, 3.8) is 0 Å². The lowest BCUT2D eigenvalue weighted by atomic mass is 9.85. The number of hydrogen-bond acceptors (Lipinski definition) is 2. The highest BCUT2D eigenvalue weighted by Gasteiger charge is 2.39. The average molecular weight is 405 g/mol. The molecule has 31 heavy (non-hydrogen) atoms. The van der Waals surface area contributed by atoms with Crippen molar-refractivity contribution in [1.29, 1.82) is 0 Å². The van der Waals surface area contributed by atoms with Crippen molar-refractivity contribution in [1.82, 2.24) is 9.55 Å². The summed E-state index contributed by atoms with van der Waals surface area (Å²) >= 11 is 0. The highest BCUT2D eigenvalue weighted by molar-refractivity contribution is 5.77. The van der Waals surface area contributed by atoms with Gasteiger partial charge in [-0.2, -0.15) is 0 Å². The molecule has 0 unspecified atom stereocenters. The fraction of sp³-hybridized carbons (Fsp3) is 0.107. The summed E-state index contributed by atoms with van der Waals surface area (Å²) < 4.78 is 2.14. The molecule has 152 valence electrons. The van der Waals surface area contributed by atoms with Crippen molar-refractivity contribution in [3.8, 4) is 0 Å². The van der Waals surface area contributed by atoms with E-state index >= 15 is 0 Å². The fourth-order valence-electron chi connectivity index (χ4n) is 4.18. The minimum atomic E-state index is -1.39. The van der Waals surface area contributed by atoms with E-state index in [9.17, 15) is 5.11 Å². The van der Waals surface area contributed by atoms with Crippen LogP contribution in [-0.2, 0) is 12.1 Å². The van der Waals surface area contributed by atoms with E-state index in [1.165, 1.54) is 0 Å². The molecule has 3 nitrogen and oxygen atoms in total. The summed E-state index contributed by atoms with van der Waals surface area (Å²) in [4.78, 5) is 4.97. The third-order valence-corrected chi connectivity index (χ3v) is 5.82. The highest BCUT2D eigenvalue weighted by Crippen LogP contribution is 2.38. The van der Waals surface area contributed by atoms with Crippen molar-refractivity contribution >= 4 is 11.0 Å². The van der Waals surface area contributed by atoms with Crippen molar-refractivity contribution in [3.05, 3.63) is 137 Å². The number of aliphatic hydroxyl groups is 1. The van der Waals surface area contributed by atoms with Crippen molar-refractivity contribution in [2.24, 2.45) is 0 Å². The van der Waals surface area contributed by atoms with Crippen LogP contribution in [0.1, 0.15) is 28.1 Å². The van der Waals surface area contributed by atoms with Crippen LogP contribution >= 0.6 is 0 Å². The predicted molar refractivity (Wildman–Crippen MR) is 125 cm³/mol. The highest BCUT2D eigenvalue weighted by atomic mass is 16.3. The number of rotatable bonds is 5. The second-order valence-corrected chi connectivity index (χ2v) is 7.94. The van der Waals surface area contributed by atoms with Crippen molar-refractivity contribution in [2.45, 2.75) is 19.1 Å². The van der Waals surface area contributed by atoms with Crippen LogP contribution < -0.4 is 0 Å². The third kappa shape index (κ3) is 3.43. The lowest BCUT2D eigenvalue weighted by Gasteiger charge is -2.30. The van der Waals surface area contributed by atoms with E-state index in [-0.39, 0.29) is 0 Å². The summed E-state index contributed by atoms with van der Waals surface area (Å²) in [7, 11) is 0. The Morgan fingerprint density at radius 1 is 0.710 bits per heavy atom. The lowest BCUT2D eigenvalue weighted by Crippen LogP contribution is -2.33. The van der Waals surface area contributed by atoms with Crippen LogP contribution in [0.5, 0.6) is 0 Å². The van der Waals surface area contributed by atoms with Crippen LogP contribution in [-0.4, -0.2) is 14.7 Å². The van der Waals surface area contributed by atoms with Crippen LogP contribution in [0.3, 0.4) is 0 Å². The molecule has 4 aromatic carbocycles. The van der Waals surface area contributed by atoms with Gasteiger partial charge in [0, 0.05) is 6.54 Å². The molecule has 0 spiro atoms. The first kappa shape index (κ1) is 19.3. The van der Waals surface area contributed by atoms with Crippen molar-refractivity contribution < 1.29 is 5.11 Å². The zero-order valence-electron chi connectivity index (χ0n) is 17.4. The first-order chi connectivity index (χ1) is 15.2. The standard InChI is InChI=1S/C28H24N2O/c1-21-16-18-24(19-17-21)28(31,23-12-6-3-7-13-23)27-29-25-14-8-9-15-26(25)30(27)20-22-10-4-2-5-11-22/h2-19,31H,20H2,1H3/t28-/m1/s1. The summed E-state index contributed by atoms with van der Waals surface area (Å²) in [6.45, 7) is 2.67. The molecule has 0 aliphatic rings. The van der Waals surface area contributed by atoms with Crippen LogP contribution in [0.2, 0.25) is 0 Å². The van der Waals surface area contributed by atoms with E-state index in [1.54, 1.807) is 0 Å². The smallest absolute Gasteiger partial charge is 0.173 e. The van der Waals surface area contributed by atoms with Gasteiger partial charge in [0.1, 0.15) is 0 Å². The van der Waals surface area contributed by atoms with Gasteiger partial charge in [-0.1, -0.05) is 103 Å². The normalized spacial score (nSPS) is 13.2. The summed E-state index contributed by atoms with van der Waals surface area (Å²) in [5.74, 6) is 0.618. The summed E-state index contributed by atoms with van der Waals surface area (Å²) in [6, 6.07) is 36.2. The Balaban J connectivity index is 1.79. The molecule has 1 aromatic heterocycles. The summed E-state index contributed by atoms with van der Waals surface area (Å²) in [5, 5.41) is 12.4. The average Bonchev–Trinajstić information content (AvgIpc) is 3.19. The Morgan fingerprint density at radius 3 is 2.00 bits per heavy atom. The van der Waals surface area contributed by atoms with Crippen LogP contribution in [0, 0.1) is 6.92 Å². The second-order valence-electron chi connectivity index (χ2n) is 7.94. The molecule has 3 heteroatoms. The number of hydrogen-bond donors (Lipinski definition) is 1. The number of fused-ring (bicyclic) bond motifs is 1. The zero-order chi connectivity index (χ0) is 21.3. The Hall–Kier alpha value is -3.69. The van der Waals surface area contributed by atoms with Gasteiger partial charge >= 0.3 is 0 Å². The minimum absolute atomic E-state index is 0.618. The molecule has 0 saturated heterocycles. The molecular formula is C28H24N2O. The molecular weight excluding hydrogens is 380 g/mol. The molecule has 0 fully saturated rings. The molecule has 0 amide bonds. The fourth-order valence-corrected chi connectivity index (χ4v) is 4.18. The van der Waals surface area contributed by atoms with Crippen LogP contribution in [0.4, 0.5) is 0 Å². The van der Waals surface area contributed by atoms with Gasteiger partial charge in [-0.15, -0.1) is 0 Å². The second kappa shape index (κ2) is 7.86. The monoisotopic (exact) mass is 404 g/mol. The maximum atomic E-state index is 12.4. The molecule has 1 heterocycles. The Kier molecular flexibility index (Phi) is 4.89. The minimum Gasteiger partial charge on any atom is -0.373 e. The Labute approximate surface area is 182 Å². The first-order valence-corrected chi connectivity index (χ1v) is 10.5. The maximum absolute atomic E-state index is 12.4. The van der Waals surface area contributed by atoms with E-state index in [0.29, 0.717) is 12.4 Å². The number of aryl methyl sites for hydroxylation is 1. The molecule has 0 aliphatic heterocycles. The van der Waals surface area contributed by atoms with Gasteiger partial charge < -0.3 is 9.67 Å². The van der Waals surface area contributed by atoms with Gasteiger partial charge in [-0.25, -0.2) is 4.98 Å². The molecule has 0 radical (unpaired) electrons. The molecule has 5 aromatic rings. The molecule has 0 bridgehead atoms. The first-order valence-electron chi connectivity index (χ1n) is 10.5. The lowest BCUT2D eigenvalue weighted by molar-refractivity contribution is 0.112. The van der Waals surface area contributed by atoms with Gasteiger partial charge in [0.05, 0.1) is 11.0 Å². The van der Waals surface area contributed by atoms with Gasteiger partial charge in [-0.05, 0) is 35.7 Å². The summed E-state index contributed by atoms with van der Waals surface area (Å²) in [6.07, 6.45) is 0. The van der Waals surface area contributed by atoms with Crippen molar-refractivity contribution in [2.75, 3.05) is 0 Å². The SMILES string of the molecule is Cc1ccc([C@](O)(c2ccccc2)c2nc3ccccc3n2Cc2ccccc2)cc1. The topological polar surface area (TPSA) is 38.1 Å². The number of para-hydroxylation sites is 2. The number of aromatic nitrogens is 2. The molecule has 0 saturated carbocycles. The molecule has 0 aliphatic carbocycles. The van der Waals surface area contributed by atoms with Crippen LogP contribution in [0.15, 0.2) is 109 Å². The molecule has 1 atom stereocenters. The third-order valence-electron chi connectivity index (χ3n) is 5.82. The van der Waals surface area contributed by atoms with E-state index in [4.69, 9.17) is 4.98 Å². The van der Waals surface area contributed by atoms with Gasteiger partial charge in [0.15, 0.2) is 11.4 Å². The van der Waals surface area contributed by atoms with E-state index < -0.39 is 5.60 Å². The largest absolute Gasteiger partial charge is 0.373 e. The molecule has 5 rings (SSSR count). The maximum Gasteiger partial charge on any atom is 0.173 e. The number of imidazole rings is 1. The number of benzene rings is 4. The van der Waals surface area contributed by atoms with Crippen LogP contribution in [0.25, 0.3) is 11.0 Å². The van der Waals surface area contributed by atoms with Gasteiger partial charge in [0.2, 0.25) is 0 Å². The quantitative estimate of drug-likeness (QED) is 0.409. The number of nitrogens with zero attached hydrogens (tertiary/aromatic N) is 2. The predicted octanol–water partition coefficient (Wildman–Crippen LogP) is 5.68. The van der Waals surface area contributed by atoms with E-state index in [0.717, 1.165) is 33.3 Å². The zero-order valence-corrected chi connectivity index (χ0v) is 17.4. The van der Waals surface area contributed by atoms with E-state index in [2.05, 4.69) is 29.7 Å². The summed E-state index contributed by atoms with van der Waals surface area (Å²) in [5.41, 5.74) is 4.39. The van der Waals surface area contributed by atoms with Gasteiger partial charge in [-0.3, -0.25) is 0 Å². The molecule has 1 N–H and O–H groups in total. The Morgan fingerprint density at radius 2 is 1.29 bits per heavy atom. The van der Waals surface area contributed by atoms with E-state index in [1.807, 2.05) is 91.0 Å². The van der Waals surface area contributed by atoms with Gasteiger partial charge in [0.25, 0.3) is 0 Å².